The molecule has 1 N–H and O–H groups in total. The van der Waals surface area contributed by atoms with Crippen LogP contribution in [-0.4, -0.2) is 38.3 Å². The van der Waals surface area contributed by atoms with Crippen LogP contribution in [0, 0.1) is 11.7 Å². The summed E-state index contributed by atoms with van der Waals surface area (Å²) in [4.78, 5) is 31.8. The summed E-state index contributed by atoms with van der Waals surface area (Å²) >= 11 is 11.9. The van der Waals surface area contributed by atoms with Gasteiger partial charge in [-0.3, -0.25) is 9.59 Å². The first kappa shape index (κ1) is 20.3. The zero-order valence-electron chi connectivity index (χ0n) is 16.4. The fourth-order valence-electron chi connectivity index (χ4n) is 4.49. The Labute approximate surface area is 187 Å². The van der Waals surface area contributed by atoms with E-state index in [1.54, 1.807) is 29.4 Å². The normalized spacial score (nSPS) is 21.9. The molecule has 31 heavy (non-hydrogen) atoms. The Kier molecular flexibility index (Phi) is 5.10. The molecular weight excluding hydrogens is 442 g/mol. The van der Waals surface area contributed by atoms with E-state index in [0.717, 1.165) is 17.3 Å². The van der Waals surface area contributed by atoms with Crippen LogP contribution in [-0.2, 0) is 22.7 Å². The summed E-state index contributed by atoms with van der Waals surface area (Å²) in [6.45, 7) is 0.132. The number of rotatable bonds is 5. The van der Waals surface area contributed by atoms with Crippen LogP contribution in [0.15, 0.2) is 42.7 Å². The fraction of sp³-hybridized carbons (Fsp3) is 0.318. The van der Waals surface area contributed by atoms with Gasteiger partial charge in [-0.25, -0.2) is 9.37 Å². The Balaban J connectivity index is 1.30. The molecule has 160 valence electrons. The van der Waals surface area contributed by atoms with E-state index in [0.29, 0.717) is 23.1 Å². The lowest BCUT2D eigenvalue weighted by Gasteiger charge is -2.27. The summed E-state index contributed by atoms with van der Waals surface area (Å²) in [5.74, 6) is -0.587. The lowest BCUT2D eigenvalue weighted by molar-refractivity contribution is -0.140. The predicted molar refractivity (Wildman–Crippen MR) is 115 cm³/mol. The molecule has 0 bridgehead atoms. The molecule has 0 radical (unpaired) electrons. The second-order valence-electron chi connectivity index (χ2n) is 8.02. The van der Waals surface area contributed by atoms with Crippen molar-refractivity contribution in [1.82, 2.24) is 19.8 Å². The number of halogens is 3. The minimum atomic E-state index is -0.550. The first-order valence-electron chi connectivity index (χ1n) is 10.0. The number of piperidine rings is 1. The number of amides is 2. The molecule has 0 spiro atoms. The van der Waals surface area contributed by atoms with Gasteiger partial charge < -0.3 is 14.8 Å². The molecule has 1 aromatic carbocycles. The number of fused-ring (bicyclic) bond motifs is 2. The van der Waals surface area contributed by atoms with Gasteiger partial charge in [0.1, 0.15) is 23.6 Å². The van der Waals surface area contributed by atoms with Crippen molar-refractivity contribution in [2.45, 2.75) is 38.0 Å². The topological polar surface area (TPSA) is 67.2 Å². The molecule has 3 heterocycles. The number of nitrogens with zero attached hydrogens (tertiary/aromatic N) is 3. The Morgan fingerprint density at radius 3 is 2.87 bits per heavy atom. The number of aromatic nitrogens is 2. The monoisotopic (exact) mass is 460 g/mol. The van der Waals surface area contributed by atoms with Gasteiger partial charge in [0.05, 0.1) is 10.5 Å². The first-order valence-corrected chi connectivity index (χ1v) is 10.8. The van der Waals surface area contributed by atoms with E-state index < -0.39 is 11.9 Å². The second-order valence-corrected chi connectivity index (χ2v) is 8.79. The fourth-order valence-corrected chi connectivity index (χ4v) is 4.90. The smallest absolute Gasteiger partial charge is 0.243 e. The first-order chi connectivity index (χ1) is 14.9. The average Bonchev–Trinajstić information content (AvgIpc) is 3.21. The highest BCUT2D eigenvalue weighted by molar-refractivity contribution is 6.34. The van der Waals surface area contributed by atoms with Crippen LogP contribution in [0.5, 0.6) is 0 Å². The quantitative estimate of drug-likeness (QED) is 0.589. The summed E-state index contributed by atoms with van der Waals surface area (Å²) in [6.07, 6.45) is 4.94. The highest BCUT2D eigenvalue weighted by Crippen LogP contribution is 2.48. The average molecular weight is 461 g/mol. The van der Waals surface area contributed by atoms with Crippen molar-refractivity contribution in [3.8, 4) is 0 Å². The maximum atomic E-state index is 14.1. The molecule has 2 aromatic heterocycles. The molecule has 1 aliphatic carbocycles. The Morgan fingerprint density at radius 1 is 1.19 bits per heavy atom. The Hall–Kier alpha value is -2.64. The van der Waals surface area contributed by atoms with E-state index in [-0.39, 0.29) is 36.0 Å². The molecule has 5 rings (SSSR count). The molecule has 2 aliphatic rings. The van der Waals surface area contributed by atoms with E-state index in [1.165, 1.54) is 6.07 Å². The number of hydrogen-bond donors (Lipinski definition) is 1. The van der Waals surface area contributed by atoms with Crippen molar-refractivity contribution >= 4 is 45.9 Å². The number of carbonyl (C=O) groups is 2. The summed E-state index contributed by atoms with van der Waals surface area (Å²) in [7, 11) is 0. The zero-order chi connectivity index (χ0) is 21.7. The number of likely N-dealkylation sites (tertiary alicyclic amines) is 1. The van der Waals surface area contributed by atoms with Crippen LogP contribution in [0.3, 0.4) is 0 Å². The highest BCUT2D eigenvalue weighted by Gasteiger charge is 2.55. The summed E-state index contributed by atoms with van der Waals surface area (Å²) in [6, 6.07) is 7.85. The molecule has 9 heteroatoms. The number of hydrogen-bond acceptors (Lipinski definition) is 3. The third kappa shape index (κ3) is 3.66. The van der Waals surface area contributed by atoms with Gasteiger partial charge in [-0.15, -0.1) is 0 Å². The summed E-state index contributed by atoms with van der Waals surface area (Å²) in [5.41, 5.74) is 1.13. The van der Waals surface area contributed by atoms with Gasteiger partial charge in [-0.1, -0.05) is 35.3 Å². The van der Waals surface area contributed by atoms with Crippen LogP contribution in [0.4, 0.5) is 4.39 Å². The molecule has 1 saturated carbocycles. The molecular formula is C22H19Cl2FN4O2. The largest absolute Gasteiger partial charge is 0.350 e. The van der Waals surface area contributed by atoms with E-state index in [2.05, 4.69) is 10.3 Å². The van der Waals surface area contributed by atoms with Crippen LogP contribution in [0.25, 0.3) is 10.9 Å². The molecule has 1 saturated heterocycles. The number of benzene rings is 1. The summed E-state index contributed by atoms with van der Waals surface area (Å²) in [5, 5.41) is 3.95. The van der Waals surface area contributed by atoms with Gasteiger partial charge in [-0.2, -0.15) is 0 Å². The van der Waals surface area contributed by atoms with E-state index in [4.69, 9.17) is 23.2 Å². The number of nitrogens with one attached hydrogen (secondary N) is 1. The minimum Gasteiger partial charge on any atom is -0.350 e. The van der Waals surface area contributed by atoms with E-state index in [9.17, 15) is 14.0 Å². The maximum Gasteiger partial charge on any atom is 0.243 e. The maximum absolute atomic E-state index is 14.1. The molecule has 3 aromatic rings. The van der Waals surface area contributed by atoms with Crippen LogP contribution in [0.1, 0.15) is 18.4 Å². The Bertz CT molecular complexity index is 1200. The zero-order valence-corrected chi connectivity index (χ0v) is 17.9. The van der Waals surface area contributed by atoms with Gasteiger partial charge in [0, 0.05) is 35.9 Å². The van der Waals surface area contributed by atoms with Gasteiger partial charge in [0.15, 0.2) is 0 Å². The Morgan fingerprint density at radius 2 is 2.03 bits per heavy atom. The van der Waals surface area contributed by atoms with Gasteiger partial charge in [0.25, 0.3) is 0 Å². The van der Waals surface area contributed by atoms with Crippen molar-refractivity contribution in [2.24, 2.45) is 5.92 Å². The summed E-state index contributed by atoms with van der Waals surface area (Å²) < 4.78 is 15.9. The minimum absolute atomic E-state index is 0.0138. The third-order valence-electron chi connectivity index (χ3n) is 6.13. The van der Waals surface area contributed by atoms with Crippen LogP contribution < -0.4 is 5.32 Å². The highest BCUT2D eigenvalue weighted by atomic mass is 35.5. The van der Waals surface area contributed by atoms with E-state index >= 15 is 0 Å². The number of carbonyl (C=O) groups excluding carboxylic acids is 2. The van der Waals surface area contributed by atoms with Gasteiger partial charge >= 0.3 is 0 Å². The van der Waals surface area contributed by atoms with Gasteiger partial charge in [0.2, 0.25) is 11.8 Å². The lowest BCUT2D eigenvalue weighted by Crippen LogP contribution is -2.48. The predicted octanol–water partition coefficient (Wildman–Crippen LogP) is 3.79. The molecule has 2 fully saturated rings. The molecule has 2 amide bonds. The third-order valence-corrected chi connectivity index (χ3v) is 6.73. The SMILES string of the molecule is O=C(NCc1cccc(Cl)c1F)[C@@H]1C[C@H]2C[C@H]2N1C(=O)Cn1ccc2c(Cl)nccc21. The van der Waals surface area contributed by atoms with Crippen molar-refractivity contribution < 1.29 is 14.0 Å². The van der Waals surface area contributed by atoms with Crippen LogP contribution >= 0.6 is 23.2 Å². The molecule has 0 unspecified atom stereocenters. The van der Waals surface area contributed by atoms with E-state index in [1.807, 2.05) is 16.7 Å². The molecule has 6 nitrogen and oxygen atoms in total. The lowest BCUT2D eigenvalue weighted by atomic mass is 10.1. The van der Waals surface area contributed by atoms with Gasteiger partial charge in [-0.05, 0) is 37.0 Å². The second kappa shape index (κ2) is 7.80. The molecule has 3 atom stereocenters. The van der Waals surface area contributed by atoms with Crippen molar-refractivity contribution in [3.63, 3.8) is 0 Å². The van der Waals surface area contributed by atoms with Crippen molar-refractivity contribution in [1.29, 1.82) is 0 Å². The molecule has 1 aliphatic heterocycles. The van der Waals surface area contributed by atoms with Crippen molar-refractivity contribution in [3.05, 3.63) is 64.3 Å². The van der Waals surface area contributed by atoms with Crippen molar-refractivity contribution in [2.75, 3.05) is 0 Å². The number of pyridine rings is 1. The van der Waals surface area contributed by atoms with Crippen LogP contribution in [0.2, 0.25) is 10.2 Å². The standard InChI is InChI=1S/C22H19Cl2FN4O2/c23-15-3-1-2-12(20(15)25)10-27-22(31)18-9-13-8-17(13)29(18)19(30)11-28-7-5-14-16(28)4-6-26-21(14)24/h1-7,13,17-18H,8-11H2,(H,27,31)/t13-,17-,18+/m1/s1.